The summed E-state index contributed by atoms with van der Waals surface area (Å²) in [6, 6.07) is 11.5. The fraction of sp³-hybridized carbons (Fsp3) is 0.222. The van der Waals surface area contributed by atoms with Crippen LogP contribution >= 0.6 is 0 Å². The molecule has 0 bridgehead atoms. The van der Waals surface area contributed by atoms with Crippen molar-refractivity contribution < 1.29 is 22.4 Å². The van der Waals surface area contributed by atoms with Crippen LogP contribution in [-0.4, -0.2) is 32.9 Å². The van der Waals surface area contributed by atoms with Crippen LogP contribution in [0.3, 0.4) is 0 Å². The van der Waals surface area contributed by atoms with Gasteiger partial charge in [0.2, 0.25) is 15.9 Å². The van der Waals surface area contributed by atoms with E-state index in [1.165, 1.54) is 25.1 Å². The molecule has 1 N–H and O–H groups in total. The molecule has 2 aromatic carbocycles. The monoisotopic (exact) mass is 378 g/mol. The molecule has 0 atom stereocenters. The first-order valence-electron chi connectivity index (χ1n) is 7.81. The second kappa shape index (κ2) is 8.09. The minimum Gasteiger partial charge on any atom is -0.326 e. The number of rotatable bonds is 7. The van der Waals surface area contributed by atoms with Crippen LogP contribution in [-0.2, 0) is 14.8 Å². The summed E-state index contributed by atoms with van der Waals surface area (Å²) in [7, 11) is -3.67. The van der Waals surface area contributed by atoms with Gasteiger partial charge in [0.1, 0.15) is 5.82 Å². The molecular weight excluding hydrogens is 359 g/mol. The first kappa shape index (κ1) is 19.6. The molecule has 0 aliphatic heterocycles. The molecule has 0 radical (unpaired) electrons. The minimum atomic E-state index is -3.67. The van der Waals surface area contributed by atoms with Crippen molar-refractivity contribution in [3.8, 4) is 0 Å². The van der Waals surface area contributed by atoms with Gasteiger partial charge in [-0.2, -0.15) is 0 Å². The van der Waals surface area contributed by atoms with Crippen molar-refractivity contribution in [1.29, 1.82) is 0 Å². The molecule has 0 aliphatic carbocycles. The van der Waals surface area contributed by atoms with E-state index < -0.39 is 21.7 Å². The smallest absolute Gasteiger partial charge is 0.232 e. The summed E-state index contributed by atoms with van der Waals surface area (Å²) < 4.78 is 38.3. The third kappa shape index (κ3) is 5.38. The number of halogens is 1. The summed E-state index contributed by atoms with van der Waals surface area (Å²) in [4.78, 5) is 23.3. The van der Waals surface area contributed by atoms with E-state index in [0.29, 0.717) is 11.3 Å². The molecule has 6 nitrogen and oxygen atoms in total. The van der Waals surface area contributed by atoms with Crippen molar-refractivity contribution in [2.45, 2.75) is 13.3 Å². The summed E-state index contributed by atoms with van der Waals surface area (Å²) >= 11 is 0. The number of sulfonamides is 1. The maximum absolute atomic E-state index is 13.4. The minimum absolute atomic E-state index is 0.0817. The van der Waals surface area contributed by atoms with Gasteiger partial charge in [-0.05, 0) is 49.4 Å². The van der Waals surface area contributed by atoms with Gasteiger partial charge in [-0.15, -0.1) is 0 Å². The van der Waals surface area contributed by atoms with Crippen LogP contribution in [0.4, 0.5) is 15.8 Å². The number of carbonyl (C=O) groups excluding carboxylic acids is 2. The molecule has 0 fully saturated rings. The SMILES string of the molecule is CC(=O)c1ccc(NC(=O)CCN(c2cccc(F)c2)S(C)(=O)=O)cc1. The maximum Gasteiger partial charge on any atom is 0.232 e. The number of nitrogens with zero attached hydrogens (tertiary/aromatic N) is 1. The summed E-state index contributed by atoms with van der Waals surface area (Å²) in [6.45, 7) is 1.32. The summed E-state index contributed by atoms with van der Waals surface area (Å²) in [6.07, 6.45) is 0.883. The van der Waals surface area contributed by atoms with Crippen molar-refractivity contribution in [2.75, 3.05) is 22.4 Å². The van der Waals surface area contributed by atoms with Gasteiger partial charge in [0.15, 0.2) is 5.78 Å². The second-order valence-corrected chi connectivity index (χ2v) is 7.65. The average Bonchev–Trinajstić information content (AvgIpc) is 2.54. The Hall–Kier alpha value is -2.74. The van der Waals surface area contributed by atoms with E-state index in [1.54, 1.807) is 24.3 Å². The zero-order valence-electron chi connectivity index (χ0n) is 14.4. The maximum atomic E-state index is 13.4. The molecule has 2 aromatic rings. The highest BCUT2D eigenvalue weighted by molar-refractivity contribution is 7.92. The number of hydrogen-bond acceptors (Lipinski definition) is 4. The highest BCUT2D eigenvalue weighted by Crippen LogP contribution is 2.19. The Balaban J connectivity index is 2.04. The molecule has 0 aliphatic rings. The highest BCUT2D eigenvalue weighted by atomic mass is 32.2. The Morgan fingerprint density at radius 2 is 1.77 bits per heavy atom. The Bertz CT molecular complexity index is 911. The molecule has 26 heavy (non-hydrogen) atoms. The molecule has 0 aromatic heterocycles. The van der Waals surface area contributed by atoms with Crippen molar-refractivity contribution in [3.63, 3.8) is 0 Å². The number of hydrogen-bond donors (Lipinski definition) is 1. The fourth-order valence-corrected chi connectivity index (χ4v) is 3.25. The number of benzene rings is 2. The van der Waals surface area contributed by atoms with E-state index in [1.807, 2.05) is 0 Å². The summed E-state index contributed by atoms with van der Waals surface area (Å²) in [5, 5.41) is 2.63. The van der Waals surface area contributed by atoms with Crippen LogP contribution in [0.2, 0.25) is 0 Å². The lowest BCUT2D eigenvalue weighted by molar-refractivity contribution is -0.116. The Morgan fingerprint density at radius 1 is 1.12 bits per heavy atom. The van der Waals surface area contributed by atoms with E-state index in [9.17, 15) is 22.4 Å². The van der Waals surface area contributed by atoms with Crippen LogP contribution in [0.1, 0.15) is 23.7 Å². The van der Waals surface area contributed by atoms with Gasteiger partial charge in [-0.25, -0.2) is 12.8 Å². The van der Waals surface area contributed by atoms with Crippen LogP contribution < -0.4 is 9.62 Å². The van der Waals surface area contributed by atoms with Gasteiger partial charge in [0.05, 0.1) is 11.9 Å². The molecule has 0 heterocycles. The highest BCUT2D eigenvalue weighted by Gasteiger charge is 2.19. The number of carbonyl (C=O) groups is 2. The van der Waals surface area contributed by atoms with Gasteiger partial charge in [-0.1, -0.05) is 6.07 Å². The van der Waals surface area contributed by atoms with Gasteiger partial charge >= 0.3 is 0 Å². The van der Waals surface area contributed by atoms with E-state index in [2.05, 4.69) is 5.32 Å². The van der Waals surface area contributed by atoms with Crippen LogP contribution in [0, 0.1) is 5.82 Å². The number of amides is 1. The molecule has 0 unspecified atom stereocenters. The molecular formula is C18H19FN2O4S. The van der Waals surface area contributed by atoms with E-state index in [0.717, 1.165) is 16.6 Å². The van der Waals surface area contributed by atoms with Crippen molar-refractivity contribution in [3.05, 3.63) is 59.9 Å². The van der Waals surface area contributed by atoms with Crippen LogP contribution in [0.5, 0.6) is 0 Å². The van der Waals surface area contributed by atoms with Crippen molar-refractivity contribution in [2.24, 2.45) is 0 Å². The lowest BCUT2D eigenvalue weighted by Gasteiger charge is -2.22. The molecule has 0 saturated carbocycles. The third-order valence-electron chi connectivity index (χ3n) is 3.61. The molecule has 138 valence electrons. The number of Topliss-reactive ketones (excluding diaryl/α,β-unsaturated/α-hetero) is 1. The lowest BCUT2D eigenvalue weighted by Crippen LogP contribution is -2.33. The number of anilines is 2. The number of ketones is 1. The molecule has 0 saturated heterocycles. The van der Waals surface area contributed by atoms with Crippen molar-refractivity contribution >= 4 is 33.1 Å². The first-order chi connectivity index (χ1) is 12.2. The van der Waals surface area contributed by atoms with Crippen molar-refractivity contribution in [1.82, 2.24) is 0 Å². The third-order valence-corrected chi connectivity index (χ3v) is 4.81. The predicted molar refractivity (Wildman–Crippen MR) is 98.3 cm³/mol. The fourth-order valence-electron chi connectivity index (χ4n) is 2.33. The van der Waals surface area contributed by atoms with Gasteiger partial charge in [-0.3, -0.25) is 13.9 Å². The zero-order chi connectivity index (χ0) is 19.3. The van der Waals surface area contributed by atoms with Crippen LogP contribution in [0.25, 0.3) is 0 Å². The average molecular weight is 378 g/mol. The van der Waals surface area contributed by atoms with Gasteiger partial charge in [0.25, 0.3) is 0 Å². The van der Waals surface area contributed by atoms with E-state index in [4.69, 9.17) is 0 Å². The quantitative estimate of drug-likeness (QED) is 0.751. The molecule has 0 spiro atoms. The first-order valence-corrected chi connectivity index (χ1v) is 9.66. The molecule has 2 rings (SSSR count). The standard InChI is InChI=1S/C18H19FN2O4S/c1-13(22)14-6-8-16(9-7-14)20-18(23)10-11-21(26(2,24)25)17-5-3-4-15(19)12-17/h3-9,12H,10-11H2,1-2H3,(H,20,23). The summed E-state index contributed by atoms with van der Waals surface area (Å²) in [5.74, 6) is -1.04. The van der Waals surface area contributed by atoms with Crippen LogP contribution in [0.15, 0.2) is 48.5 Å². The molecule has 1 amide bonds. The molecule has 8 heteroatoms. The van der Waals surface area contributed by atoms with Gasteiger partial charge < -0.3 is 5.32 Å². The Kier molecular flexibility index (Phi) is 6.10. The lowest BCUT2D eigenvalue weighted by atomic mass is 10.1. The van der Waals surface area contributed by atoms with E-state index in [-0.39, 0.29) is 24.4 Å². The van der Waals surface area contributed by atoms with Gasteiger partial charge in [0, 0.05) is 24.2 Å². The summed E-state index contributed by atoms with van der Waals surface area (Å²) in [5.41, 5.74) is 1.18. The normalized spacial score (nSPS) is 11.0. The topological polar surface area (TPSA) is 83.6 Å². The zero-order valence-corrected chi connectivity index (χ0v) is 15.2. The number of nitrogens with one attached hydrogen (secondary N) is 1. The Morgan fingerprint density at radius 3 is 2.31 bits per heavy atom. The Labute approximate surface area is 151 Å². The predicted octanol–water partition coefficient (Wildman–Crippen LogP) is 2.82. The van der Waals surface area contributed by atoms with E-state index >= 15 is 0 Å². The largest absolute Gasteiger partial charge is 0.326 e. The second-order valence-electron chi connectivity index (χ2n) is 5.75.